The van der Waals surface area contributed by atoms with Gasteiger partial charge in [-0.25, -0.2) is 19.6 Å². The molecular weight excluding hydrogens is 635 g/mol. The van der Waals surface area contributed by atoms with Gasteiger partial charge in [-0.2, -0.15) is 13.2 Å². The molecule has 1 amide bonds. The minimum atomic E-state index is -4.85. The molecule has 4 rings (SSSR count). The molecule has 2 aromatic carbocycles. The molecule has 1 aliphatic heterocycles. The minimum Gasteiger partial charge on any atom is -0.403 e. The molecule has 3 unspecified atom stereocenters. The topological polar surface area (TPSA) is 158 Å². The predicted molar refractivity (Wildman–Crippen MR) is 165 cm³/mol. The molecule has 0 spiro atoms. The molecule has 46 heavy (non-hydrogen) atoms. The zero-order valence-corrected chi connectivity index (χ0v) is 25.3. The van der Waals surface area contributed by atoms with Crippen LogP contribution in [0.3, 0.4) is 0 Å². The lowest BCUT2D eigenvalue weighted by atomic mass is 9.92. The minimum absolute atomic E-state index is 0.00643. The number of alkyl halides is 4. The van der Waals surface area contributed by atoms with Crippen molar-refractivity contribution in [3.8, 4) is 11.3 Å². The van der Waals surface area contributed by atoms with Gasteiger partial charge in [0, 0.05) is 41.7 Å². The van der Waals surface area contributed by atoms with Crippen molar-refractivity contribution < 1.29 is 26.7 Å². The Labute approximate surface area is 265 Å². The van der Waals surface area contributed by atoms with Crippen LogP contribution in [0, 0.1) is 11.7 Å². The zero-order chi connectivity index (χ0) is 33.9. The summed E-state index contributed by atoms with van der Waals surface area (Å²) in [4.78, 5) is 34.9. The van der Waals surface area contributed by atoms with Gasteiger partial charge in [0.2, 0.25) is 5.91 Å². The maximum Gasteiger partial charge on any atom is 0.432 e. The number of nitrogens with zero attached hydrogens (tertiary/aromatic N) is 4. The molecule has 3 aromatic rings. The summed E-state index contributed by atoms with van der Waals surface area (Å²) < 4.78 is 70.7. The number of anilines is 1. The van der Waals surface area contributed by atoms with Crippen LogP contribution in [-0.2, 0) is 4.79 Å². The fourth-order valence-corrected chi connectivity index (χ4v) is 5.17. The van der Waals surface area contributed by atoms with E-state index in [1.807, 2.05) is 0 Å². The number of nitrogens with one attached hydrogen (secondary N) is 1. The second-order valence-electron chi connectivity index (χ2n) is 10.5. The normalized spacial score (nSPS) is 21.5. The van der Waals surface area contributed by atoms with Crippen LogP contribution in [0.15, 0.2) is 82.4 Å². The van der Waals surface area contributed by atoms with Crippen molar-refractivity contribution in [1.29, 1.82) is 0 Å². The Hall–Kier alpha value is -4.76. The number of allylic oxidation sites excluding steroid dienone is 2. The van der Waals surface area contributed by atoms with E-state index in [9.17, 15) is 22.8 Å². The Morgan fingerprint density at radius 2 is 1.89 bits per heavy atom. The van der Waals surface area contributed by atoms with E-state index in [1.165, 1.54) is 48.9 Å². The number of aliphatic imine (C=N–C) groups is 1. The molecule has 244 valence electrons. The fraction of sp³-hybridized carbons (Fsp3) is 0.267. The van der Waals surface area contributed by atoms with Crippen LogP contribution in [0.25, 0.3) is 11.3 Å². The first-order valence-electron chi connectivity index (χ1n) is 13.8. The van der Waals surface area contributed by atoms with Crippen molar-refractivity contribution in [2.75, 3.05) is 12.1 Å². The highest BCUT2D eigenvalue weighted by molar-refractivity contribution is 6.31. The maximum absolute atomic E-state index is 15.3. The third-order valence-corrected chi connectivity index (χ3v) is 7.68. The summed E-state index contributed by atoms with van der Waals surface area (Å²) in [5.41, 5.74) is 9.49. The van der Waals surface area contributed by atoms with E-state index in [0.29, 0.717) is 11.2 Å². The monoisotopic (exact) mass is 664 g/mol. The van der Waals surface area contributed by atoms with E-state index >= 15 is 8.78 Å². The average molecular weight is 665 g/mol. The number of hydrazine groups is 1. The van der Waals surface area contributed by atoms with Gasteiger partial charge in [-0.3, -0.25) is 24.2 Å². The highest BCUT2D eigenvalue weighted by Gasteiger charge is 2.32. The highest BCUT2D eigenvalue weighted by atomic mass is 35.5. The van der Waals surface area contributed by atoms with E-state index in [0.717, 1.165) is 18.6 Å². The molecule has 2 heterocycles. The summed E-state index contributed by atoms with van der Waals surface area (Å²) in [7, 11) is 1.41. The van der Waals surface area contributed by atoms with Crippen LogP contribution in [0.4, 0.5) is 27.6 Å². The average Bonchev–Trinajstić information content (AvgIpc) is 2.99. The SMILES string of the molecule is CN=C1C(=CN)NC(=O)C(C)C(F)CCC(n2cnc(-c3cc(Cl)ccc3N(N)/C=C(\N)C(F)(F)F)cc2=O)c2cc(F)cc1c2. The number of carbonyl (C=O) groups is 1. The van der Waals surface area contributed by atoms with E-state index in [1.54, 1.807) is 6.07 Å². The van der Waals surface area contributed by atoms with Crippen LogP contribution in [0.1, 0.15) is 36.9 Å². The number of rotatable bonds is 4. The van der Waals surface area contributed by atoms with Crippen molar-refractivity contribution in [3.63, 3.8) is 0 Å². The van der Waals surface area contributed by atoms with Crippen molar-refractivity contribution in [2.45, 2.75) is 38.2 Å². The van der Waals surface area contributed by atoms with Gasteiger partial charge in [0.25, 0.3) is 5.56 Å². The number of aromatic nitrogens is 2. The van der Waals surface area contributed by atoms with Gasteiger partial charge >= 0.3 is 6.18 Å². The largest absolute Gasteiger partial charge is 0.432 e. The predicted octanol–water partition coefficient (Wildman–Crippen LogP) is 4.44. The molecule has 7 N–H and O–H groups in total. The first kappa shape index (κ1) is 34.1. The Morgan fingerprint density at radius 3 is 2.52 bits per heavy atom. The number of nitrogens with two attached hydrogens (primary N) is 3. The zero-order valence-electron chi connectivity index (χ0n) is 24.5. The van der Waals surface area contributed by atoms with Crippen LogP contribution in [0.5, 0.6) is 0 Å². The molecular formula is C30H30ClF5N8O2. The third-order valence-electron chi connectivity index (χ3n) is 7.44. The number of carbonyl (C=O) groups excluding carboxylic acids is 1. The Morgan fingerprint density at radius 1 is 1.17 bits per heavy atom. The Kier molecular flexibility index (Phi) is 10.2. The van der Waals surface area contributed by atoms with Crippen LogP contribution < -0.4 is 33.2 Å². The molecule has 0 fully saturated rings. The fourth-order valence-electron chi connectivity index (χ4n) is 4.99. The molecule has 10 nitrogen and oxygen atoms in total. The van der Waals surface area contributed by atoms with Crippen molar-refractivity contribution in [1.82, 2.24) is 14.9 Å². The summed E-state index contributed by atoms with van der Waals surface area (Å²) in [6.07, 6.45) is -4.05. The molecule has 0 radical (unpaired) electrons. The molecule has 2 bridgehead atoms. The summed E-state index contributed by atoms with van der Waals surface area (Å²) in [5, 5.41) is 3.35. The first-order chi connectivity index (χ1) is 21.6. The first-order valence-corrected chi connectivity index (χ1v) is 14.1. The second kappa shape index (κ2) is 13.7. The number of hydrogen-bond donors (Lipinski definition) is 4. The Bertz CT molecular complexity index is 1790. The summed E-state index contributed by atoms with van der Waals surface area (Å²) in [5.74, 6) is 3.41. The van der Waals surface area contributed by atoms with Crippen molar-refractivity contribution in [3.05, 3.63) is 105 Å². The maximum atomic E-state index is 15.3. The smallest absolute Gasteiger partial charge is 0.403 e. The van der Waals surface area contributed by atoms with E-state index in [2.05, 4.69) is 15.3 Å². The lowest BCUT2D eigenvalue weighted by Gasteiger charge is -2.25. The van der Waals surface area contributed by atoms with Gasteiger partial charge in [-0.1, -0.05) is 18.5 Å². The molecule has 16 heteroatoms. The van der Waals surface area contributed by atoms with Crippen LogP contribution in [-0.4, -0.2) is 40.6 Å². The van der Waals surface area contributed by atoms with Gasteiger partial charge in [0.15, 0.2) is 0 Å². The Balaban J connectivity index is 1.85. The standard InChI is InChI=1S/C30H30ClF5N8O2/c1-15-21(33)4-6-24(16-7-17(9-19(32)8-16)28(40-2)23(12-37)42-29(15)46)43-14-41-22(11-27(43)45)20-10-18(31)3-5-25(20)44(39)13-26(38)30(34,35)36/h3,5,7-15,21,24H,4,6,37-39H2,1-2H3,(H,42,46)/b23-12?,26-13-,40-28?. The lowest BCUT2D eigenvalue weighted by molar-refractivity contribution is -0.125. The van der Waals surface area contributed by atoms with Gasteiger partial charge in [0.05, 0.1) is 41.1 Å². The summed E-state index contributed by atoms with van der Waals surface area (Å²) in [6, 6.07) is 8.09. The van der Waals surface area contributed by atoms with E-state index < -0.39 is 47.3 Å². The molecule has 0 saturated heterocycles. The number of amides is 1. The van der Waals surface area contributed by atoms with Gasteiger partial charge in [-0.05, 0) is 54.8 Å². The molecule has 0 aliphatic carbocycles. The number of benzene rings is 2. The van der Waals surface area contributed by atoms with Crippen molar-refractivity contribution >= 4 is 28.9 Å². The number of hydrogen-bond acceptors (Lipinski definition) is 8. The molecule has 3 atom stereocenters. The molecule has 1 aliphatic rings. The quantitative estimate of drug-likeness (QED) is 0.182. The van der Waals surface area contributed by atoms with Gasteiger partial charge in [-0.15, -0.1) is 0 Å². The summed E-state index contributed by atoms with van der Waals surface area (Å²) >= 11 is 6.15. The third kappa shape index (κ3) is 7.37. The number of halogens is 6. The summed E-state index contributed by atoms with van der Waals surface area (Å²) in [6.45, 7) is 1.40. The van der Waals surface area contributed by atoms with Crippen LogP contribution >= 0.6 is 11.6 Å². The van der Waals surface area contributed by atoms with Gasteiger partial charge < -0.3 is 16.8 Å². The number of fused-ring (bicyclic) bond motifs is 2. The second-order valence-corrected chi connectivity index (χ2v) is 10.9. The van der Waals surface area contributed by atoms with Crippen molar-refractivity contribution in [2.24, 2.45) is 28.2 Å². The highest BCUT2D eigenvalue weighted by Crippen LogP contribution is 2.33. The van der Waals surface area contributed by atoms with Gasteiger partial charge in [0.1, 0.15) is 17.7 Å². The molecule has 1 aromatic heterocycles. The lowest BCUT2D eigenvalue weighted by Crippen LogP contribution is -2.37. The molecule has 0 saturated carbocycles. The van der Waals surface area contributed by atoms with E-state index in [4.69, 9.17) is 28.9 Å². The van der Waals surface area contributed by atoms with E-state index in [-0.39, 0.29) is 57.3 Å². The van der Waals surface area contributed by atoms with Crippen LogP contribution in [0.2, 0.25) is 5.02 Å².